The molecule has 0 aromatic heterocycles. The van der Waals surface area contributed by atoms with Crippen LogP contribution < -0.4 is 5.32 Å². The van der Waals surface area contributed by atoms with Crippen LogP contribution in [-0.4, -0.2) is 16.6 Å². The third-order valence-corrected chi connectivity index (χ3v) is 3.72. The van der Waals surface area contributed by atoms with Crippen molar-refractivity contribution >= 4 is 5.69 Å². The number of hydrogen-bond acceptors (Lipinski definition) is 4. The van der Waals surface area contributed by atoms with Gasteiger partial charge in [-0.3, -0.25) is 10.1 Å². The van der Waals surface area contributed by atoms with E-state index in [0.29, 0.717) is 6.54 Å². The number of hydrogen-bond donors (Lipinski definition) is 2. The Kier molecular flexibility index (Phi) is 4.90. The van der Waals surface area contributed by atoms with Gasteiger partial charge in [-0.05, 0) is 25.0 Å². The Morgan fingerprint density at radius 2 is 1.73 bits per heavy atom. The summed E-state index contributed by atoms with van der Waals surface area (Å²) >= 11 is 0. The molecule has 0 saturated carbocycles. The van der Waals surface area contributed by atoms with E-state index in [1.165, 1.54) is 12.1 Å². The SMILES string of the molecule is CC(C)(NCC(O)c1ccccc1)c1ccc([N+](=O)[O-])cc1. The molecule has 0 radical (unpaired) electrons. The molecule has 0 spiro atoms. The summed E-state index contributed by atoms with van der Waals surface area (Å²) in [6.45, 7) is 4.35. The molecule has 2 aromatic rings. The number of nitro benzene ring substituents is 1. The van der Waals surface area contributed by atoms with E-state index >= 15 is 0 Å². The van der Waals surface area contributed by atoms with E-state index in [0.717, 1.165) is 11.1 Å². The van der Waals surface area contributed by atoms with Crippen molar-refractivity contribution in [1.82, 2.24) is 5.32 Å². The Bertz CT molecular complexity index is 624. The summed E-state index contributed by atoms with van der Waals surface area (Å²) in [7, 11) is 0. The molecule has 2 rings (SSSR count). The first-order chi connectivity index (χ1) is 10.4. The van der Waals surface area contributed by atoms with Gasteiger partial charge in [-0.1, -0.05) is 42.5 Å². The minimum Gasteiger partial charge on any atom is -0.387 e. The molecule has 1 atom stereocenters. The molecule has 0 aliphatic carbocycles. The number of aliphatic hydroxyl groups is 1. The summed E-state index contributed by atoms with van der Waals surface area (Å²) in [5.41, 5.74) is 1.46. The highest BCUT2D eigenvalue weighted by Crippen LogP contribution is 2.23. The lowest BCUT2D eigenvalue weighted by atomic mass is 9.93. The fraction of sp³-hybridized carbons (Fsp3) is 0.294. The largest absolute Gasteiger partial charge is 0.387 e. The minimum absolute atomic E-state index is 0.0730. The third kappa shape index (κ3) is 3.90. The molecule has 22 heavy (non-hydrogen) atoms. The quantitative estimate of drug-likeness (QED) is 0.634. The highest BCUT2D eigenvalue weighted by atomic mass is 16.6. The van der Waals surface area contributed by atoms with Gasteiger partial charge in [-0.25, -0.2) is 0 Å². The van der Waals surface area contributed by atoms with Gasteiger partial charge >= 0.3 is 0 Å². The smallest absolute Gasteiger partial charge is 0.269 e. The van der Waals surface area contributed by atoms with E-state index < -0.39 is 16.6 Å². The molecule has 0 aliphatic heterocycles. The lowest BCUT2D eigenvalue weighted by Gasteiger charge is -2.28. The van der Waals surface area contributed by atoms with Crippen molar-refractivity contribution in [3.8, 4) is 0 Å². The zero-order valence-electron chi connectivity index (χ0n) is 12.7. The van der Waals surface area contributed by atoms with Gasteiger partial charge in [0.05, 0.1) is 11.0 Å². The van der Waals surface area contributed by atoms with Crippen LogP contribution >= 0.6 is 0 Å². The van der Waals surface area contributed by atoms with Crippen LogP contribution in [0.4, 0.5) is 5.69 Å². The maximum absolute atomic E-state index is 10.7. The second kappa shape index (κ2) is 6.68. The van der Waals surface area contributed by atoms with Crippen molar-refractivity contribution in [3.05, 3.63) is 75.8 Å². The third-order valence-electron chi connectivity index (χ3n) is 3.72. The highest BCUT2D eigenvalue weighted by molar-refractivity contribution is 5.35. The summed E-state index contributed by atoms with van der Waals surface area (Å²) in [5, 5.41) is 24.2. The monoisotopic (exact) mass is 300 g/mol. The number of nitrogens with zero attached hydrogens (tertiary/aromatic N) is 1. The van der Waals surface area contributed by atoms with Crippen LogP contribution in [-0.2, 0) is 5.54 Å². The van der Waals surface area contributed by atoms with E-state index in [1.807, 2.05) is 44.2 Å². The maximum atomic E-state index is 10.7. The van der Waals surface area contributed by atoms with Gasteiger partial charge in [0.1, 0.15) is 0 Å². The zero-order valence-corrected chi connectivity index (χ0v) is 12.7. The van der Waals surface area contributed by atoms with Gasteiger partial charge in [0.25, 0.3) is 5.69 Å². The van der Waals surface area contributed by atoms with Crippen LogP contribution in [0.3, 0.4) is 0 Å². The fourth-order valence-electron chi connectivity index (χ4n) is 2.25. The van der Waals surface area contributed by atoms with Crippen molar-refractivity contribution in [3.63, 3.8) is 0 Å². The molecule has 0 fully saturated rings. The van der Waals surface area contributed by atoms with Crippen LogP contribution in [0.15, 0.2) is 54.6 Å². The van der Waals surface area contributed by atoms with Crippen molar-refractivity contribution in [2.75, 3.05) is 6.54 Å². The summed E-state index contributed by atoms with van der Waals surface area (Å²) in [6.07, 6.45) is -0.599. The van der Waals surface area contributed by atoms with Crippen molar-refractivity contribution in [2.24, 2.45) is 0 Å². The average molecular weight is 300 g/mol. The van der Waals surface area contributed by atoms with Gasteiger partial charge in [0.15, 0.2) is 0 Å². The van der Waals surface area contributed by atoms with Crippen LogP contribution in [0, 0.1) is 10.1 Å². The minimum atomic E-state index is -0.599. The molecular formula is C17H20N2O3. The number of aliphatic hydroxyl groups excluding tert-OH is 1. The molecule has 1 unspecified atom stereocenters. The Balaban J connectivity index is 2.02. The summed E-state index contributed by atoms with van der Waals surface area (Å²) in [6, 6.07) is 15.9. The lowest BCUT2D eigenvalue weighted by molar-refractivity contribution is -0.384. The lowest BCUT2D eigenvalue weighted by Crippen LogP contribution is -2.39. The number of benzene rings is 2. The number of nitro groups is 1. The Hall–Kier alpha value is -2.24. The molecule has 5 nitrogen and oxygen atoms in total. The van der Waals surface area contributed by atoms with E-state index in [9.17, 15) is 15.2 Å². The Morgan fingerprint density at radius 3 is 2.27 bits per heavy atom. The molecular weight excluding hydrogens is 280 g/mol. The Morgan fingerprint density at radius 1 is 1.14 bits per heavy atom. The van der Waals surface area contributed by atoms with Crippen molar-refractivity contribution < 1.29 is 10.0 Å². The van der Waals surface area contributed by atoms with E-state index in [1.54, 1.807) is 12.1 Å². The predicted molar refractivity (Wildman–Crippen MR) is 85.5 cm³/mol. The molecule has 0 heterocycles. The number of non-ortho nitro benzene ring substituents is 1. The van der Waals surface area contributed by atoms with Gasteiger partial charge in [-0.15, -0.1) is 0 Å². The molecule has 5 heteroatoms. The molecule has 116 valence electrons. The summed E-state index contributed by atoms with van der Waals surface area (Å²) in [5.74, 6) is 0. The molecule has 0 aliphatic rings. The van der Waals surface area contributed by atoms with Crippen LogP contribution in [0.25, 0.3) is 0 Å². The summed E-state index contributed by atoms with van der Waals surface area (Å²) in [4.78, 5) is 10.3. The van der Waals surface area contributed by atoms with Gasteiger partial charge < -0.3 is 10.4 Å². The van der Waals surface area contributed by atoms with Crippen molar-refractivity contribution in [2.45, 2.75) is 25.5 Å². The molecule has 2 aromatic carbocycles. The number of rotatable bonds is 6. The van der Waals surface area contributed by atoms with Crippen LogP contribution in [0.1, 0.15) is 31.1 Å². The van der Waals surface area contributed by atoms with Gasteiger partial charge in [-0.2, -0.15) is 0 Å². The first-order valence-corrected chi connectivity index (χ1v) is 7.13. The second-order valence-electron chi connectivity index (χ2n) is 5.74. The fourth-order valence-corrected chi connectivity index (χ4v) is 2.25. The van der Waals surface area contributed by atoms with Crippen molar-refractivity contribution in [1.29, 1.82) is 0 Å². The summed E-state index contributed by atoms with van der Waals surface area (Å²) < 4.78 is 0. The Labute approximate surface area is 129 Å². The van der Waals surface area contributed by atoms with Gasteiger partial charge in [0, 0.05) is 24.2 Å². The predicted octanol–water partition coefficient (Wildman–Crippen LogP) is 3.15. The first-order valence-electron chi connectivity index (χ1n) is 7.13. The molecule has 2 N–H and O–H groups in total. The normalized spacial score (nSPS) is 12.9. The van der Waals surface area contributed by atoms with Crippen LogP contribution in [0.2, 0.25) is 0 Å². The second-order valence-corrected chi connectivity index (χ2v) is 5.74. The van der Waals surface area contributed by atoms with E-state index in [2.05, 4.69) is 5.32 Å². The standard InChI is InChI=1S/C17H20N2O3/c1-17(2,14-8-10-15(11-9-14)19(21)22)18-12-16(20)13-6-4-3-5-7-13/h3-11,16,18,20H,12H2,1-2H3. The number of nitrogens with one attached hydrogen (secondary N) is 1. The molecule has 0 saturated heterocycles. The van der Waals surface area contributed by atoms with E-state index in [-0.39, 0.29) is 5.69 Å². The topological polar surface area (TPSA) is 75.4 Å². The highest BCUT2D eigenvalue weighted by Gasteiger charge is 2.22. The maximum Gasteiger partial charge on any atom is 0.269 e. The average Bonchev–Trinajstić information content (AvgIpc) is 2.53. The zero-order chi connectivity index (χ0) is 16.2. The molecule has 0 bridgehead atoms. The van der Waals surface area contributed by atoms with Gasteiger partial charge in [0.2, 0.25) is 0 Å². The molecule has 0 amide bonds. The first kappa shape index (κ1) is 16.1. The van der Waals surface area contributed by atoms with Crippen LogP contribution in [0.5, 0.6) is 0 Å². The van der Waals surface area contributed by atoms with E-state index in [4.69, 9.17) is 0 Å².